The van der Waals surface area contributed by atoms with Crippen molar-refractivity contribution in [3.63, 3.8) is 0 Å². The van der Waals surface area contributed by atoms with Crippen LogP contribution in [0.3, 0.4) is 0 Å². The summed E-state index contributed by atoms with van der Waals surface area (Å²) in [5, 5.41) is 3.13. The van der Waals surface area contributed by atoms with E-state index in [1.807, 2.05) is 6.07 Å². The monoisotopic (exact) mass is 345 g/mol. The van der Waals surface area contributed by atoms with Gasteiger partial charge in [0.15, 0.2) is 0 Å². The molecule has 7 nitrogen and oxygen atoms in total. The smallest absolute Gasteiger partial charge is 0.409 e. The lowest BCUT2D eigenvalue weighted by Crippen LogP contribution is -2.49. The van der Waals surface area contributed by atoms with Crippen molar-refractivity contribution in [1.29, 1.82) is 0 Å². The molecule has 1 aliphatic heterocycles. The SMILES string of the molecule is CCOC(=O)N1CCN(c2cc(Nc3ccc(F)cc3)ncn2)CC1. The molecule has 0 atom stereocenters. The summed E-state index contributed by atoms with van der Waals surface area (Å²) in [5.74, 6) is 1.13. The number of hydrogen-bond donors (Lipinski definition) is 1. The molecule has 1 aromatic carbocycles. The molecule has 3 rings (SSSR count). The average Bonchev–Trinajstić information content (AvgIpc) is 2.64. The van der Waals surface area contributed by atoms with Crippen molar-refractivity contribution in [1.82, 2.24) is 14.9 Å². The van der Waals surface area contributed by atoms with Gasteiger partial charge in [-0.05, 0) is 31.2 Å². The Balaban J connectivity index is 1.62. The number of carbonyl (C=O) groups excluding carboxylic acids is 1. The van der Waals surface area contributed by atoms with Gasteiger partial charge in [-0.15, -0.1) is 0 Å². The molecule has 0 spiro atoms. The minimum Gasteiger partial charge on any atom is -0.450 e. The Morgan fingerprint density at radius 3 is 2.60 bits per heavy atom. The van der Waals surface area contributed by atoms with E-state index >= 15 is 0 Å². The second-order valence-electron chi connectivity index (χ2n) is 5.57. The summed E-state index contributed by atoms with van der Waals surface area (Å²) in [6.45, 7) is 4.69. The number of rotatable bonds is 4. The van der Waals surface area contributed by atoms with E-state index in [1.165, 1.54) is 18.5 Å². The molecule has 0 bridgehead atoms. The van der Waals surface area contributed by atoms with Crippen molar-refractivity contribution in [2.24, 2.45) is 0 Å². The lowest BCUT2D eigenvalue weighted by molar-refractivity contribution is 0.105. The maximum absolute atomic E-state index is 13.0. The van der Waals surface area contributed by atoms with Crippen molar-refractivity contribution in [3.8, 4) is 0 Å². The van der Waals surface area contributed by atoms with E-state index in [-0.39, 0.29) is 11.9 Å². The number of ether oxygens (including phenoxy) is 1. The van der Waals surface area contributed by atoms with E-state index < -0.39 is 0 Å². The van der Waals surface area contributed by atoms with Crippen LogP contribution >= 0.6 is 0 Å². The summed E-state index contributed by atoms with van der Waals surface area (Å²) >= 11 is 0. The fourth-order valence-corrected chi connectivity index (χ4v) is 2.60. The van der Waals surface area contributed by atoms with Gasteiger partial charge in [0, 0.05) is 37.9 Å². The van der Waals surface area contributed by atoms with Crippen molar-refractivity contribution >= 4 is 23.4 Å². The Morgan fingerprint density at radius 2 is 1.92 bits per heavy atom. The standard InChI is InChI=1S/C17H20FN5O2/c1-2-25-17(24)23-9-7-22(8-10-23)16-11-15(19-12-20-16)21-14-5-3-13(18)4-6-14/h3-6,11-12H,2,7-10H2,1H3,(H,19,20,21). The second kappa shape index (κ2) is 7.78. The van der Waals surface area contributed by atoms with Gasteiger partial charge in [0.05, 0.1) is 6.61 Å². The molecule has 1 saturated heterocycles. The summed E-state index contributed by atoms with van der Waals surface area (Å²) in [4.78, 5) is 24.0. The highest BCUT2D eigenvalue weighted by Crippen LogP contribution is 2.20. The summed E-state index contributed by atoms with van der Waals surface area (Å²) in [7, 11) is 0. The van der Waals surface area contributed by atoms with Crippen LogP contribution in [0.5, 0.6) is 0 Å². The minimum atomic E-state index is -0.284. The van der Waals surface area contributed by atoms with Gasteiger partial charge in [-0.25, -0.2) is 19.2 Å². The molecule has 0 saturated carbocycles. The highest BCUT2D eigenvalue weighted by atomic mass is 19.1. The maximum Gasteiger partial charge on any atom is 0.409 e. The largest absolute Gasteiger partial charge is 0.450 e. The van der Waals surface area contributed by atoms with Crippen LogP contribution in [0.1, 0.15) is 6.92 Å². The van der Waals surface area contributed by atoms with Crippen LogP contribution in [0, 0.1) is 5.82 Å². The number of aromatic nitrogens is 2. The van der Waals surface area contributed by atoms with Crippen LogP contribution in [0.2, 0.25) is 0 Å². The van der Waals surface area contributed by atoms with Crippen LogP contribution in [-0.4, -0.2) is 53.7 Å². The molecule has 2 aromatic rings. The molecule has 1 aliphatic rings. The van der Waals surface area contributed by atoms with E-state index in [1.54, 1.807) is 24.0 Å². The van der Waals surface area contributed by atoms with E-state index in [0.717, 1.165) is 11.5 Å². The molecule has 1 amide bonds. The van der Waals surface area contributed by atoms with Crippen LogP contribution < -0.4 is 10.2 Å². The summed E-state index contributed by atoms with van der Waals surface area (Å²) in [6, 6.07) is 7.91. The predicted octanol–water partition coefficient (Wildman–Crippen LogP) is 2.64. The van der Waals surface area contributed by atoms with Gasteiger partial charge in [-0.2, -0.15) is 0 Å². The number of amides is 1. The Hall–Kier alpha value is -2.90. The zero-order valence-electron chi connectivity index (χ0n) is 14.0. The normalized spacial score (nSPS) is 14.3. The summed E-state index contributed by atoms with van der Waals surface area (Å²) in [6.07, 6.45) is 1.21. The number of nitrogens with zero attached hydrogens (tertiary/aromatic N) is 4. The molecule has 0 unspecified atom stereocenters. The molecule has 8 heteroatoms. The number of halogens is 1. The fraction of sp³-hybridized carbons (Fsp3) is 0.353. The lowest BCUT2D eigenvalue weighted by atomic mass is 10.3. The quantitative estimate of drug-likeness (QED) is 0.919. The van der Waals surface area contributed by atoms with Gasteiger partial charge in [0.2, 0.25) is 0 Å². The lowest BCUT2D eigenvalue weighted by Gasteiger charge is -2.34. The number of anilines is 3. The highest BCUT2D eigenvalue weighted by molar-refractivity contribution is 5.68. The van der Waals surface area contributed by atoms with Gasteiger partial charge in [0.25, 0.3) is 0 Å². The van der Waals surface area contributed by atoms with Crippen molar-refractivity contribution in [3.05, 3.63) is 42.5 Å². The molecular formula is C17H20FN5O2. The number of hydrogen-bond acceptors (Lipinski definition) is 6. The highest BCUT2D eigenvalue weighted by Gasteiger charge is 2.22. The Morgan fingerprint density at radius 1 is 1.20 bits per heavy atom. The summed E-state index contributed by atoms with van der Waals surface area (Å²) < 4.78 is 18.0. The molecule has 1 aromatic heterocycles. The number of carbonyl (C=O) groups is 1. The first-order chi connectivity index (χ1) is 12.2. The second-order valence-corrected chi connectivity index (χ2v) is 5.57. The molecule has 2 heterocycles. The van der Waals surface area contributed by atoms with Crippen LogP contribution in [0.25, 0.3) is 0 Å². The maximum atomic E-state index is 13.0. The number of benzene rings is 1. The molecule has 0 radical (unpaired) electrons. The molecule has 0 aliphatic carbocycles. The Bertz CT molecular complexity index is 717. The third kappa shape index (κ3) is 4.34. The van der Waals surface area contributed by atoms with Crippen LogP contribution in [0.4, 0.5) is 26.5 Å². The minimum absolute atomic E-state index is 0.275. The van der Waals surface area contributed by atoms with Gasteiger partial charge in [-0.1, -0.05) is 0 Å². The van der Waals surface area contributed by atoms with E-state index in [2.05, 4.69) is 20.2 Å². The van der Waals surface area contributed by atoms with Gasteiger partial charge in [-0.3, -0.25) is 0 Å². The first-order valence-corrected chi connectivity index (χ1v) is 8.17. The van der Waals surface area contributed by atoms with Crippen molar-refractivity contribution in [2.75, 3.05) is 43.0 Å². The molecule has 1 N–H and O–H groups in total. The third-order valence-electron chi connectivity index (χ3n) is 3.90. The molecule has 1 fully saturated rings. The molecular weight excluding hydrogens is 325 g/mol. The van der Waals surface area contributed by atoms with Gasteiger partial charge < -0.3 is 19.9 Å². The van der Waals surface area contributed by atoms with Crippen LogP contribution in [0.15, 0.2) is 36.7 Å². The van der Waals surface area contributed by atoms with Gasteiger partial charge in [0.1, 0.15) is 23.8 Å². The Labute approximate surface area is 145 Å². The first kappa shape index (κ1) is 16.9. The van der Waals surface area contributed by atoms with E-state index in [0.29, 0.717) is 38.6 Å². The average molecular weight is 345 g/mol. The zero-order chi connectivity index (χ0) is 17.6. The van der Waals surface area contributed by atoms with E-state index in [4.69, 9.17) is 4.74 Å². The third-order valence-corrected chi connectivity index (χ3v) is 3.90. The van der Waals surface area contributed by atoms with Crippen molar-refractivity contribution in [2.45, 2.75) is 6.92 Å². The molecule has 132 valence electrons. The Kier molecular flexibility index (Phi) is 5.27. The van der Waals surface area contributed by atoms with Crippen molar-refractivity contribution < 1.29 is 13.9 Å². The van der Waals surface area contributed by atoms with Crippen LogP contribution in [-0.2, 0) is 4.74 Å². The summed E-state index contributed by atoms with van der Waals surface area (Å²) in [5.41, 5.74) is 0.748. The van der Waals surface area contributed by atoms with E-state index in [9.17, 15) is 9.18 Å². The number of piperazine rings is 1. The molecule has 25 heavy (non-hydrogen) atoms. The first-order valence-electron chi connectivity index (χ1n) is 8.17. The topological polar surface area (TPSA) is 70.6 Å². The fourth-order valence-electron chi connectivity index (χ4n) is 2.60. The predicted molar refractivity (Wildman–Crippen MR) is 92.5 cm³/mol. The van der Waals surface area contributed by atoms with Gasteiger partial charge >= 0.3 is 6.09 Å². The zero-order valence-corrected chi connectivity index (χ0v) is 14.0. The number of nitrogens with one attached hydrogen (secondary N) is 1.